The lowest BCUT2D eigenvalue weighted by Crippen LogP contribution is -2.18. The number of rotatable bonds is 2. The molecule has 1 N–H and O–H groups in total. The molecule has 0 spiro atoms. The number of ketones is 1. The Morgan fingerprint density at radius 2 is 2.29 bits per heavy atom. The van der Waals surface area contributed by atoms with Crippen LogP contribution in [0.25, 0.3) is 0 Å². The van der Waals surface area contributed by atoms with Crippen LogP contribution < -0.4 is 0 Å². The first-order valence-corrected chi connectivity index (χ1v) is 6.25. The van der Waals surface area contributed by atoms with Gasteiger partial charge < -0.3 is 5.11 Å². The average Bonchev–Trinajstić information content (AvgIpc) is 2.40. The van der Waals surface area contributed by atoms with Crippen molar-refractivity contribution >= 4 is 23.5 Å². The Kier molecular flexibility index (Phi) is 3.47. The van der Waals surface area contributed by atoms with Crippen LogP contribution in [-0.2, 0) is 4.79 Å². The zero-order valence-corrected chi connectivity index (χ0v) is 9.80. The first-order chi connectivity index (χ1) is 8.08. The summed E-state index contributed by atoms with van der Waals surface area (Å²) in [5.41, 5.74) is 0.318. The highest BCUT2D eigenvalue weighted by molar-refractivity contribution is 7.99. The van der Waals surface area contributed by atoms with E-state index in [0.717, 1.165) is 4.90 Å². The highest BCUT2D eigenvalue weighted by Crippen LogP contribution is 2.33. The number of hydrogen-bond acceptors (Lipinski definition) is 3. The molecule has 1 atom stereocenters. The third-order valence-electron chi connectivity index (χ3n) is 2.72. The van der Waals surface area contributed by atoms with Crippen molar-refractivity contribution in [2.45, 2.75) is 17.7 Å². The van der Waals surface area contributed by atoms with E-state index in [9.17, 15) is 14.0 Å². The molecular weight excluding hydrogens is 243 g/mol. The maximum atomic E-state index is 13.1. The standard InChI is InChI=1S/C12H11FO3S/c13-8-1-2-10-9(6-8)12(16)7(3-4-17-10)5-11(14)15/h1-2,6-7H,3-5H2,(H,14,15). The largest absolute Gasteiger partial charge is 0.481 e. The van der Waals surface area contributed by atoms with Crippen molar-refractivity contribution in [3.63, 3.8) is 0 Å². The normalized spacial score (nSPS) is 19.6. The van der Waals surface area contributed by atoms with Crippen molar-refractivity contribution < 1.29 is 19.1 Å². The van der Waals surface area contributed by atoms with E-state index < -0.39 is 17.7 Å². The van der Waals surface area contributed by atoms with Crippen LogP contribution in [0.2, 0.25) is 0 Å². The maximum Gasteiger partial charge on any atom is 0.304 e. The van der Waals surface area contributed by atoms with Crippen LogP contribution >= 0.6 is 11.8 Å². The lowest BCUT2D eigenvalue weighted by Gasteiger charge is -2.10. The molecular formula is C12H11FO3S. The van der Waals surface area contributed by atoms with Crippen molar-refractivity contribution in [1.29, 1.82) is 0 Å². The number of fused-ring (bicyclic) bond motifs is 1. The lowest BCUT2D eigenvalue weighted by atomic mass is 9.92. The Hall–Kier alpha value is -1.36. The third-order valence-corrected chi connectivity index (χ3v) is 3.83. The van der Waals surface area contributed by atoms with E-state index in [1.54, 1.807) is 6.07 Å². The predicted octanol–water partition coefficient (Wildman–Crippen LogP) is 2.60. The highest BCUT2D eigenvalue weighted by Gasteiger charge is 2.27. The SMILES string of the molecule is O=C(O)CC1CCSc2ccc(F)cc2C1=O. The predicted molar refractivity (Wildman–Crippen MR) is 61.8 cm³/mol. The van der Waals surface area contributed by atoms with Gasteiger partial charge in [0.25, 0.3) is 0 Å². The van der Waals surface area contributed by atoms with Crippen LogP contribution in [0, 0.1) is 11.7 Å². The fraction of sp³-hybridized carbons (Fsp3) is 0.333. The minimum atomic E-state index is -0.992. The van der Waals surface area contributed by atoms with Crippen molar-refractivity contribution in [1.82, 2.24) is 0 Å². The first kappa shape index (κ1) is 12.1. The highest BCUT2D eigenvalue weighted by atomic mass is 32.2. The van der Waals surface area contributed by atoms with Crippen LogP contribution in [0.4, 0.5) is 4.39 Å². The summed E-state index contributed by atoms with van der Waals surface area (Å²) >= 11 is 1.47. The molecule has 2 rings (SSSR count). The van der Waals surface area contributed by atoms with Gasteiger partial charge in [-0.05, 0) is 30.4 Å². The molecule has 0 amide bonds. The monoisotopic (exact) mass is 254 g/mol. The summed E-state index contributed by atoms with van der Waals surface area (Å²) in [5, 5.41) is 8.74. The topological polar surface area (TPSA) is 54.4 Å². The van der Waals surface area contributed by atoms with Gasteiger partial charge in [-0.15, -0.1) is 11.8 Å². The van der Waals surface area contributed by atoms with Gasteiger partial charge in [-0.25, -0.2) is 4.39 Å². The molecule has 3 nitrogen and oxygen atoms in total. The molecule has 0 fully saturated rings. The summed E-state index contributed by atoms with van der Waals surface area (Å²) < 4.78 is 13.1. The van der Waals surface area contributed by atoms with E-state index in [4.69, 9.17) is 5.11 Å². The van der Waals surface area contributed by atoms with Gasteiger partial charge in [0.1, 0.15) is 5.82 Å². The molecule has 0 aromatic heterocycles. The molecule has 0 saturated carbocycles. The summed E-state index contributed by atoms with van der Waals surface area (Å²) in [6.45, 7) is 0. The number of thioether (sulfide) groups is 1. The second-order valence-electron chi connectivity index (χ2n) is 3.94. The van der Waals surface area contributed by atoms with Crippen LogP contribution in [0.3, 0.4) is 0 Å². The number of carboxylic acids is 1. The summed E-state index contributed by atoms with van der Waals surface area (Å²) in [6, 6.07) is 4.10. The molecule has 1 aromatic carbocycles. The van der Waals surface area contributed by atoms with Gasteiger partial charge in [-0.1, -0.05) is 0 Å². The summed E-state index contributed by atoms with van der Waals surface area (Å²) in [4.78, 5) is 23.5. The van der Waals surface area contributed by atoms with Gasteiger partial charge in [-0.3, -0.25) is 9.59 Å². The molecule has 90 valence electrons. The Morgan fingerprint density at radius 1 is 1.53 bits per heavy atom. The van der Waals surface area contributed by atoms with Gasteiger partial charge in [0.15, 0.2) is 5.78 Å². The zero-order valence-electron chi connectivity index (χ0n) is 8.98. The summed E-state index contributed by atoms with van der Waals surface area (Å²) in [7, 11) is 0. The molecule has 5 heteroatoms. The minimum Gasteiger partial charge on any atom is -0.481 e. The van der Waals surface area contributed by atoms with Crippen LogP contribution in [-0.4, -0.2) is 22.6 Å². The van der Waals surface area contributed by atoms with Crippen LogP contribution in [0.15, 0.2) is 23.1 Å². The van der Waals surface area contributed by atoms with Crippen molar-refractivity contribution in [2.75, 3.05) is 5.75 Å². The lowest BCUT2D eigenvalue weighted by molar-refractivity contribution is -0.137. The Labute approximate surface area is 102 Å². The van der Waals surface area contributed by atoms with E-state index in [1.165, 1.54) is 23.9 Å². The van der Waals surface area contributed by atoms with Crippen LogP contribution in [0.5, 0.6) is 0 Å². The number of Topliss-reactive ketones (excluding diaryl/α,β-unsaturated/α-hetero) is 1. The van der Waals surface area contributed by atoms with Crippen molar-refractivity contribution in [3.05, 3.63) is 29.6 Å². The number of aliphatic carboxylic acids is 1. The Bertz CT molecular complexity index is 473. The van der Waals surface area contributed by atoms with E-state index in [0.29, 0.717) is 17.7 Å². The Morgan fingerprint density at radius 3 is 3.00 bits per heavy atom. The fourth-order valence-electron chi connectivity index (χ4n) is 1.89. The smallest absolute Gasteiger partial charge is 0.304 e. The fourth-order valence-corrected chi connectivity index (χ4v) is 2.99. The summed E-state index contributed by atoms with van der Waals surface area (Å²) in [6.07, 6.45) is 0.335. The van der Waals surface area contributed by atoms with Gasteiger partial charge in [0.05, 0.1) is 6.42 Å². The molecule has 1 aromatic rings. The molecule has 0 aliphatic carbocycles. The molecule has 1 unspecified atom stereocenters. The van der Waals surface area contributed by atoms with Crippen LogP contribution in [0.1, 0.15) is 23.2 Å². The number of halogens is 1. The number of hydrogen-bond donors (Lipinski definition) is 1. The molecule has 0 bridgehead atoms. The van der Waals surface area contributed by atoms with Gasteiger partial charge in [0, 0.05) is 16.4 Å². The van der Waals surface area contributed by atoms with E-state index in [2.05, 4.69) is 0 Å². The maximum absolute atomic E-state index is 13.1. The molecule has 1 aliphatic heterocycles. The molecule has 1 heterocycles. The Balaban J connectivity index is 2.34. The minimum absolute atomic E-state index is 0.185. The van der Waals surface area contributed by atoms with Crippen molar-refractivity contribution in [3.8, 4) is 0 Å². The first-order valence-electron chi connectivity index (χ1n) is 5.26. The second kappa shape index (κ2) is 4.87. The van der Waals surface area contributed by atoms with Gasteiger partial charge >= 0.3 is 5.97 Å². The molecule has 0 radical (unpaired) electrons. The zero-order chi connectivity index (χ0) is 12.4. The van der Waals surface area contributed by atoms with E-state index in [1.807, 2.05) is 0 Å². The summed E-state index contributed by atoms with van der Waals surface area (Å²) in [5.74, 6) is -1.57. The molecule has 1 aliphatic rings. The number of carbonyl (C=O) groups excluding carboxylic acids is 1. The molecule has 0 saturated heterocycles. The molecule has 17 heavy (non-hydrogen) atoms. The van der Waals surface area contributed by atoms with Crippen molar-refractivity contribution in [2.24, 2.45) is 5.92 Å². The van der Waals surface area contributed by atoms with Gasteiger partial charge in [0.2, 0.25) is 0 Å². The van der Waals surface area contributed by atoms with E-state index in [-0.39, 0.29) is 12.2 Å². The van der Waals surface area contributed by atoms with Gasteiger partial charge in [-0.2, -0.15) is 0 Å². The number of benzene rings is 1. The number of carboxylic acid groups (broad SMARTS) is 1. The number of carbonyl (C=O) groups is 2. The average molecular weight is 254 g/mol. The third kappa shape index (κ3) is 2.66. The second-order valence-corrected chi connectivity index (χ2v) is 5.07. The quantitative estimate of drug-likeness (QED) is 0.881. The van der Waals surface area contributed by atoms with E-state index >= 15 is 0 Å².